The molecule has 1 fully saturated rings. The fourth-order valence-corrected chi connectivity index (χ4v) is 2.43. The molecule has 0 amide bonds. The number of para-hydroxylation sites is 1. The fraction of sp³-hybridized carbons (Fsp3) is 0.538. The van der Waals surface area contributed by atoms with Gasteiger partial charge in [-0.05, 0) is 17.5 Å². The Bertz CT molecular complexity index is 336. The molecule has 1 heterocycles. The van der Waals surface area contributed by atoms with Gasteiger partial charge in [-0.2, -0.15) is 0 Å². The predicted molar refractivity (Wildman–Crippen MR) is 71.7 cm³/mol. The Morgan fingerprint density at radius 2 is 2.00 bits per heavy atom. The monoisotopic (exact) mass is 283 g/mol. The van der Waals surface area contributed by atoms with Crippen molar-refractivity contribution in [1.82, 2.24) is 0 Å². The lowest BCUT2D eigenvalue weighted by atomic mass is 10.0. The molecule has 1 aliphatic rings. The summed E-state index contributed by atoms with van der Waals surface area (Å²) in [5.41, 5.74) is 2.80. The molecule has 1 unspecified atom stereocenters. The zero-order valence-electron chi connectivity index (χ0n) is 9.66. The standard InChI is InChI=1S/C13H18BrNO/c1-11(10-14)12-4-2-3-5-13(12)15-6-8-16-9-7-15/h2-5,11H,6-10H2,1H3. The molecule has 2 rings (SSSR count). The number of halogens is 1. The van der Waals surface area contributed by atoms with Gasteiger partial charge >= 0.3 is 0 Å². The molecule has 1 atom stereocenters. The highest BCUT2D eigenvalue weighted by Crippen LogP contribution is 2.29. The zero-order valence-corrected chi connectivity index (χ0v) is 11.2. The van der Waals surface area contributed by atoms with Gasteiger partial charge in [0.05, 0.1) is 13.2 Å². The zero-order chi connectivity index (χ0) is 11.4. The first-order valence-electron chi connectivity index (χ1n) is 5.80. The molecule has 1 aromatic carbocycles. The van der Waals surface area contributed by atoms with Crippen molar-refractivity contribution in [3.8, 4) is 0 Å². The third-order valence-electron chi connectivity index (χ3n) is 3.05. The first-order valence-corrected chi connectivity index (χ1v) is 6.92. The number of ether oxygens (including phenoxy) is 1. The van der Waals surface area contributed by atoms with E-state index < -0.39 is 0 Å². The van der Waals surface area contributed by atoms with Crippen LogP contribution in [0.5, 0.6) is 0 Å². The van der Waals surface area contributed by atoms with Gasteiger partial charge in [0, 0.05) is 24.1 Å². The van der Waals surface area contributed by atoms with Gasteiger partial charge in [0.2, 0.25) is 0 Å². The number of alkyl halides is 1. The minimum Gasteiger partial charge on any atom is -0.378 e. The van der Waals surface area contributed by atoms with Gasteiger partial charge < -0.3 is 9.64 Å². The number of rotatable bonds is 3. The summed E-state index contributed by atoms with van der Waals surface area (Å²) in [6, 6.07) is 8.70. The predicted octanol–water partition coefficient (Wildman–Crippen LogP) is 3.02. The van der Waals surface area contributed by atoms with Crippen molar-refractivity contribution in [2.24, 2.45) is 0 Å². The third kappa shape index (κ3) is 2.58. The molecule has 1 aliphatic heterocycles. The Labute approximate surface area is 106 Å². The minimum atomic E-state index is 0.555. The lowest BCUT2D eigenvalue weighted by Crippen LogP contribution is -2.36. The van der Waals surface area contributed by atoms with Crippen LogP contribution in [-0.4, -0.2) is 31.6 Å². The van der Waals surface area contributed by atoms with Crippen LogP contribution in [0.1, 0.15) is 18.4 Å². The van der Waals surface area contributed by atoms with Crippen LogP contribution in [0.25, 0.3) is 0 Å². The van der Waals surface area contributed by atoms with E-state index in [-0.39, 0.29) is 0 Å². The van der Waals surface area contributed by atoms with E-state index in [4.69, 9.17) is 4.74 Å². The van der Waals surface area contributed by atoms with Crippen molar-refractivity contribution in [2.45, 2.75) is 12.8 Å². The first-order chi connectivity index (χ1) is 7.83. The van der Waals surface area contributed by atoms with Crippen LogP contribution in [-0.2, 0) is 4.74 Å². The van der Waals surface area contributed by atoms with Gasteiger partial charge in [-0.3, -0.25) is 0 Å². The van der Waals surface area contributed by atoms with Crippen molar-refractivity contribution in [2.75, 3.05) is 36.5 Å². The van der Waals surface area contributed by atoms with E-state index in [1.54, 1.807) is 0 Å². The summed E-state index contributed by atoms with van der Waals surface area (Å²) in [5.74, 6) is 0.555. The molecule has 1 saturated heterocycles. The average molecular weight is 284 g/mol. The first kappa shape index (κ1) is 11.9. The molecule has 0 N–H and O–H groups in total. The summed E-state index contributed by atoms with van der Waals surface area (Å²) < 4.78 is 5.40. The molecule has 1 aromatic rings. The molecule has 0 saturated carbocycles. The molecule has 0 aromatic heterocycles. The van der Waals surface area contributed by atoms with Gasteiger partial charge in [-0.25, -0.2) is 0 Å². The average Bonchev–Trinajstić information content (AvgIpc) is 2.39. The van der Waals surface area contributed by atoms with E-state index >= 15 is 0 Å². The van der Waals surface area contributed by atoms with Crippen LogP contribution >= 0.6 is 15.9 Å². The van der Waals surface area contributed by atoms with E-state index in [1.165, 1.54) is 11.3 Å². The Hall–Kier alpha value is -0.540. The van der Waals surface area contributed by atoms with Crippen LogP contribution in [0.4, 0.5) is 5.69 Å². The summed E-state index contributed by atoms with van der Waals surface area (Å²) in [6.07, 6.45) is 0. The van der Waals surface area contributed by atoms with Crippen molar-refractivity contribution >= 4 is 21.6 Å². The molecule has 16 heavy (non-hydrogen) atoms. The lowest BCUT2D eigenvalue weighted by Gasteiger charge is -2.31. The Kier molecular flexibility index (Phi) is 4.24. The maximum absolute atomic E-state index is 5.40. The molecule has 0 radical (unpaired) electrons. The second-order valence-electron chi connectivity index (χ2n) is 4.21. The topological polar surface area (TPSA) is 12.5 Å². The summed E-state index contributed by atoms with van der Waals surface area (Å²) in [4.78, 5) is 2.43. The number of nitrogens with zero attached hydrogens (tertiary/aromatic N) is 1. The molecule has 0 aliphatic carbocycles. The van der Waals surface area contributed by atoms with Crippen molar-refractivity contribution in [1.29, 1.82) is 0 Å². The van der Waals surface area contributed by atoms with Crippen molar-refractivity contribution in [3.63, 3.8) is 0 Å². The van der Waals surface area contributed by atoms with E-state index in [9.17, 15) is 0 Å². The van der Waals surface area contributed by atoms with Crippen LogP contribution in [0.2, 0.25) is 0 Å². The maximum atomic E-state index is 5.40. The normalized spacial score (nSPS) is 18.5. The molecule has 0 bridgehead atoms. The van der Waals surface area contributed by atoms with Gasteiger partial charge in [0.1, 0.15) is 0 Å². The van der Waals surface area contributed by atoms with Gasteiger partial charge in [-0.15, -0.1) is 0 Å². The summed E-state index contributed by atoms with van der Waals surface area (Å²) in [6.45, 7) is 5.96. The van der Waals surface area contributed by atoms with E-state index in [0.717, 1.165) is 31.6 Å². The molecule has 2 nitrogen and oxygen atoms in total. The Morgan fingerprint density at radius 1 is 1.31 bits per heavy atom. The van der Waals surface area contributed by atoms with Crippen molar-refractivity contribution in [3.05, 3.63) is 29.8 Å². The highest BCUT2D eigenvalue weighted by atomic mass is 79.9. The molecule has 3 heteroatoms. The van der Waals surface area contributed by atoms with Gasteiger partial charge in [0.25, 0.3) is 0 Å². The van der Waals surface area contributed by atoms with Crippen LogP contribution in [0, 0.1) is 0 Å². The largest absolute Gasteiger partial charge is 0.378 e. The number of morpholine rings is 1. The fourth-order valence-electron chi connectivity index (χ4n) is 2.08. The minimum absolute atomic E-state index is 0.555. The van der Waals surface area contributed by atoms with Gasteiger partial charge in [0.15, 0.2) is 0 Å². The molecular formula is C13H18BrNO. The summed E-state index contributed by atoms with van der Waals surface area (Å²) in [5, 5.41) is 1.01. The number of anilines is 1. The van der Waals surface area contributed by atoms with Crippen LogP contribution in [0.15, 0.2) is 24.3 Å². The highest BCUT2D eigenvalue weighted by molar-refractivity contribution is 9.09. The Morgan fingerprint density at radius 3 is 2.69 bits per heavy atom. The number of benzene rings is 1. The van der Waals surface area contributed by atoms with Gasteiger partial charge in [-0.1, -0.05) is 41.1 Å². The number of hydrogen-bond acceptors (Lipinski definition) is 2. The summed E-state index contributed by atoms with van der Waals surface area (Å²) in [7, 11) is 0. The third-order valence-corrected chi connectivity index (χ3v) is 4.02. The van der Waals surface area contributed by atoms with E-state index in [0.29, 0.717) is 5.92 Å². The second-order valence-corrected chi connectivity index (χ2v) is 4.86. The van der Waals surface area contributed by atoms with E-state index in [2.05, 4.69) is 52.0 Å². The molecular weight excluding hydrogens is 266 g/mol. The quantitative estimate of drug-likeness (QED) is 0.791. The smallest absolute Gasteiger partial charge is 0.0642 e. The van der Waals surface area contributed by atoms with Crippen LogP contribution < -0.4 is 4.90 Å². The van der Waals surface area contributed by atoms with E-state index in [1.807, 2.05) is 0 Å². The van der Waals surface area contributed by atoms with Crippen LogP contribution in [0.3, 0.4) is 0 Å². The number of hydrogen-bond donors (Lipinski definition) is 0. The van der Waals surface area contributed by atoms with Crippen molar-refractivity contribution < 1.29 is 4.74 Å². The highest BCUT2D eigenvalue weighted by Gasteiger charge is 2.16. The maximum Gasteiger partial charge on any atom is 0.0642 e. The lowest BCUT2D eigenvalue weighted by molar-refractivity contribution is 0.122. The Balaban J connectivity index is 2.24. The second kappa shape index (κ2) is 5.69. The molecule has 88 valence electrons. The molecule has 0 spiro atoms. The summed E-state index contributed by atoms with van der Waals surface area (Å²) >= 11 is 3.57. The SMILES string of the molecule is CC(CBr)c1ccccc1N1CCOCC1.